The molecule has 5 heteroatoms. The van der Waals surface area contributed by atoms with Crippen LogP contribution in [-0.2, 0) is 11.2 Å². The van der Waals surface area contributed by atoms with Crippen molar-refractivity contribution >= 4 is 29.1 Å². The molecule has 0 heterocycles. The number of nitrogens with one attached hydrogen (secondary N) is 1. The summed E-state index contributed by atoms with van der Waals surface area (Å²) in [7, 11) is 0. The number of carbonyl (C=O) groups excluding carboxylic acids is 1. The predicted octanol–water partition coefficient (Wildman–Crippen LogP) is 2.42. The van der Waals surface area contributed by atoms with E-state index in [1.807, 2.05) is 0 Å². The minimum atomic E-state index is -0.0543. The molecule has 1 rings (SSSR count). The van der Waals surface area contributed by atoms with Gasteiger partial charge in [-0.25, -0.2) is 0 Å². The second-order valence-electron chi connectivity index (χ2n) is 3.71. The summed E-state index contributed by atoms with van der Waals surface area (Å²) < 4.78 is 0. The second kappa shape index (κ2) is 7.54. The third-order valence-electron chi connectivity index (χ3n) is 2.26. The van der Waals surface area contributed by atoms with Crippen molar-refractivity contribution in [3.8, 4) is 0 Å². The minimum Gasteiger partial charge on any atom is -0.396 e. The third kappa shape index (κ3) is 5.39. The number of unbranched alkanes of at least 4 members (excludes halogenated alkanes) is 1. The Morgan fingerprint density at radius 2 is 2.00 bits per heavy atom. The molecule has 0 fully saturated rings. The van der Waals surface area contributed by atoms with Crippen LogP contribution in [0, 0.1) is 0 Å². The lowest BCUT2D eigenvalue weighted by atomic mass is 10.1. The molecular weight excluding hydrogens is 261 g/mol. The van der Waals surface area contributed by atoms with Crippen molar-refractivity contribution in [1.29, 1.82) is 0 Å². The molecule has 0 aliphatic heterocycles. The van der Waals surface area contributed by atoms with Crippen LogP contribution < -0.4 is 5.32 Å². The quantitative estimate of drug-likeness (QED) is 0.784. The number of rotatable bonds is 6. The highest BCUT2D eigenvalue weighted by Crippen LogP contribution is 2.22. The van der Waals surface area contributed by atoms with Gasteiger partial charge in [-0.05, 0) is 30.5 Å². The third-order valence-corrected chi connectivity index (χ3v) is 2.99. The number of carbonyl (C=O) groups is 1. The van der Waals surface area contributed by atoms with E-state index in [0.29, 0.717) is 23.0 Å². The van der Waals surface area contributed by atoms with E-state index >= 15 is 0 Å². The monoisotopic (exact) mass is 275 g/mol. The highest BCUT2D eigenvalue weighted by Gasteiger charge is 2.05. The first-order chi connectivity index (χ1) is 8.13. The summed E-state index contributed by atoms with van der Waals surface area (Å²) in [6.45, 7) is 0.739. The maximum Gasteiger partial charge on any atom is 0.224 e. The number of hydrogen-bond donors (Lipinski definition) is 2. The molecule has 0 saturated heterocycles. The van der Waals surface area contributed by atoms with E-state index in [9.17, 15) is 4.79 Å². The molecule has 0 saturated carbocycles. The summed E-state index contributed by atoms with van der Waals surface area (Å²) in [5.41, 5.74) is 0.832. The van der Waals surface area contributed by atoms with E-state index in [4.69, 9.17) is 28.3 Å². The second-order valence-corrected chi connectivity index (χ2v) is 4.52. The number of aliphatic hydroxyl groups excluding tert-OH is 1. The zero-order valence-corrected chi connectivity index (χ0v) is 10.9. The smallest absolute Gasteiger partial charge is 0.224 e. The van der Waals surface area contributed by atoms with Gasteiger partial charge in [0.25, 0.3) is 0 Å². The van der Waals surface area contributed by atoms with E-state index in [-0.39, 0.29) is 18.9 Å². The van der Waals surface area contributed by atoms with Crippen LogP contribution in [0.15, 0.2) is 18.2 Å². The Kier molecular flexibility index (Phi) is 6.34. The fourth-order valence-corrected chi connectivity index (χ4v) is 1.68. The molecule has 0 aliphatic carbocycles. The SMILES string of the molecule is O=C(Cc1ccc(Cl)c(Cl)c1)NCCCCO. The summed E-state index contributed by atoms with van der Waals surface area (Å²) in [4.78, 5) is 11.5. The molecule has 1 amide bonds. The molecule has 1 aromatic rings. The Morgan fingerprint density at radius 1 is 1.24 bits per heavy atom. The Morgan fingerprint density at radius 3 is 2.65 bits per heavy atom. The number of benzene rings is 1. The first-order valence-electron chi connectivity index (χ1n) is 5.45. The molecule has 0 aliphatic rings. The molecule has 94 valence electrons. The van der Waals surface area contributed by atoms with Gasteiger partial charge in [0.1, 0.15) is 0 Å². The normalized spacial score (nSPS) is 10.3. The minimum absolute atomic E-state index is 0.0543. The largest absolute Gasteiger partial charge is 0.396 e. The Hall–Kier alpha value is -0.770. The lowest BCUT2D eigenvalue weighted by molar-refractivity contribution is -0.120. The van der Waals surface area contributed by atoms with Crippen LogP contribution in [0.4, 0.5) is 0 Å². The predicted molar refractivity (Wildman–Crippen MR) is 69.5 cm³/mol. The van der Waals surface area contributed by atoms with E-state index in [2.05, 4.69) is 5.32 Å². The lowest BCUT2D eigenvalue weighted by Gasteiger charge is -2.05. The van der Waals surface area contributed by atoms with Gasteiger partial charge in [0, 0.05) is 13.2 Å². The van der Waals surface area contributed by atoms with Crippen LogP contribution in [0.3, 0.4) is 0 Å². The van der Waals surface area contributed by atoms with Crippen molar-refractivity contribution in [2.24, 2.45) is 0 Å². The molecule has 1 aromatic carbocycles. The van der Waals surface area contributed by atoms with Crippen LogP contribution in [0.1, 0.15) is 18.4 Å². The van der Waals surface area contributed by atoms with Crippen molar-refractivity contribution in [3.63, 3.8) is 0 Å². The van der Waals surface area contributed by atoms with Crippen molar-refractivity contribution in [1.82, 2.24) is 5.32 Å². The number of aliphatic hydroxyl groups is 1. The van der Waals surface area contributed by atoms with Gasteiger partial charge in [0.2, 0.25) is 5.91 Å². The van der Waals surface area contributed by atoms with Gasteiger partial charge in [-0.3, -0.25) is 4.79 Å². The van der Waals surface area contributed by atoms with E-state index in [1.54, 1.807) is 18.2 Å². The van der Waals surface area contributed by atoms with Crippen molar-refractivity contribution < 1.29 is 9.90 Å². The Balaban J connectivity index is 2.37. The summed E-state index contributed by atoms with van der Waals surface area (Å²) >= 11 is 11.6. The van der Waals surface area contributed by atoms with E-state index in [0.717, 1.165) is 12.0 Å². The Bertz CT molecular complexity index is 383. The van der Waals surface area contributed by atoms with Crippen molar-refractivity contribution in [2.75, 3.05) is 13.2 Å². The highest BCUT2D eigenvalue weighted by atomic mass is 35.5. The summed E-state index contributed by atoms with van der Waals surface area (Å²) in [5, 5.41) is 12.3. The van der Waals surface area contributed by atoms with Crippen LogP contribution >= 0.6 is 23.2 Å². The molecule has 0 spiro atoms. The first-order valence-corrected chi connectivity index (χ1v) is 6.20. The summed E-state index contributed by atoms with van der Waals surface area (Å²) in [6.07, 6.45) is 1.77. The molecule has 0 aromatic heterocycles. The number of amides is 1. The van der Waals surface area contributed by atoms with Gasteiger partial charge in [0.05, 0.1) is 16.5 Å². The van der Waals surface area contributed by atoms with Gasteiger partial charge in [-0.15, -0.1) is 0 Å². The van der Waals surface area contributed by atoms with E-state index in [1.165, 1.54) is 0 Å². The lowest BCUT2D eigenvalue weighted by Crippen LogP contribution is -2.26. The van der Waals surface area contributed by atoms with E-state index < -0.39 is 0 Å². The van der Waals surface area contributed by atoms with Gasteiger partial charge in [0.15, 0.2) is 0 Å². The molecule has 0 radical (unpaired) electrons. The van der Waals surface area contributed by atoms with Crippen LogP contribution in [0.5, 0.6) is 0 Å². The fourth-order valence-electron chi connectivity index (χ4n) is 1.36. The first kappa shape index (κ1) is 14.3. The molecule has 0 unspecified atom stereocenters. The van der Waals surface area contributed by atoms with Gasteiger partial charge in [-0.2, -0.15) is 0 Å². The van der Waals surface area contributed by atoms with Crippen molar-refractivity contribution in [2.45, 2.75) is 19.3 Å². The zero-order chi connectivity index (χ0) is 12.7. The Labute approximate surface area is 111 Å². The average molecular weight is 276 g/mol. The van der Waals surface area contributed by atoms with Crippen LogP contribution in [0.2, 0.25) is 10.0 Å². The maximum absolute atomic E-state index is 11.5. The molecule has 0 atom stereocenters. The van der Waals surface area contributed by atoms with Gasteiger partial charge < -0.3 is 10.4 Å². The summed E-state index contributed by atoms with van der Waals surface area (Å²) in [6, 6.07) is 5.15. The molecule has 3 nitrogen and oxygen atoms in total. The van der Waals surface area contributed by atoms with Gasteiger partial charge >= 0.3 is 0 Å². The molecular formula is C12H15Cl2NO2. The van der Waals surface area contributed by atoms with Crippen LogP contribution in [0.25, 0.3) is 0 Å². The average Bonchev–Trinajstić information content (AvgIpc) is 2.30. The van der Waals surface area contributed by atoms with Gasteiger partial charge in [-0.1, -0.05) is 29.3 Å². The zero-order valence-electron chi connectivity index (χ0n) is 9.38. The molecule has 2 N–H and O–H groups in total. The molecule has 0 bridgehead atoms. The molecule has 17 heavy (non-hydrogen) atoms. The fraction of sp³-hybridized carbons (Fsp3) is 0.417. The van der Waals surface area contributed by atoms with Crippen LogP contribution in [-0.4, -0.2) is 24.2 Å². The number of hydrogen-bond acceptors (Lipinski definition) is 2. The van der Waals surface area contributed by atoms with Crippen molar-refractivity contribution in [3.05, 3.63) is 33.8 Å². The number of halogens is 2. The highest BCUT2D eigenvalue weighted by molar-refractivity contribution is 6.42. The topological polar surface area (TPSA) is 49.3 Å². The standard InChI is InChI=1S/C12H15Cl2NO2/c13-10-4-3-9(7-11(10)14)8-12(17)15-5-1-2-6-16/h3-4,7,16H,1-2,5-6,8H2,(H,15,17). The maximum atomic E-state index is 11.5. The summed E-state index contributed by atoms with van der Waals surface area (Å²) in [5.74, 6) is -0.0543.